The fraction of sp³-hybridized carbons (Fsp3) is 0.192. The Hall–Kier alpha value is -4.93. The maximum Gasteiger partial charge on any atom is 0.305 e. The summed E-state index contributed by atoms with van der Waals surface area (Å²) in [6, 6.07) is 18.2. The van der Waals surface area contributed by atoms with Crippen molar-refractivity contribution >= 4 is 40.4 Å². The SMILES string of the molecule is Cn1c(CNc2ccc(CN=C(N)N)cc2)nc2cc(C(=O)N(CCC(=O)O)c3ccccn3)ccc21. The molecular weight excluding hydrogens is 472 g/mol. The maximum atomic E-state index is 13.3. The molecule has 0 radical (unpaired) electrons. The van der Waals surface area contributed by atoms with E-state index < -0.39 is 5.97 Å². The zero-order chi connectivity index (χ0) is 26.4. The predicted octanol–water partition coefficient (Wildman–Crippen LogP) is 2.48. The molecule has 1 amide bonds. The molecule has 0 unspecified atom stereocenters. The van der Waals surface area contributed by atoms with Crippen molar-refractivity contribution in [1.29, 1.82) is 0 Å². The minimum absolute atomic E-state index is 0.00531. The number of imidazole rings is 1. The lowest BCUT2D eigenvalue weighted by atomic mass is 10.1. The molecule has 0 aliphatic carbocycles. The summed E-state index contributed by atoms with van der Waals surface area (Å²) in [5.74, 6) is -0.0956. The van der Waals surface area contributed by atoms with Crippen LogP contribution in [0.2, 0.25) is 0 Å². The van der Waals surface area contributed by atoms with Crippen molar-refractivity contribution in [2.24, 2.45) is 23.5 Å². The van der Waals surface area contributed by atoms with Crippen LogP contribution in [0.4, 0.5) is 11.5 Å². The average molecular weight is 501 g/mol. The molecule has 190 valence electrons. The first-order valence-electron chi connectivity index (χ1n) is 11.6. The molecule has 2 heterocycles. The molecule has 0 bridgehead atoms. The van der Waals surface area contributed by atoms with E-state index in [-0.39, 0.29) is 24.8 Å². The number of carbonyl (C=O) groups excluding carboxylic acids is 1. The number of fused-ring (bicyclic) bond motifs is 1. The van der Waals surface area contributed by atoms with Gasteiger partial charge in [0.05, 0.1) is 30.5 Å². The highest BCUT2D eigenvalue weighted by atomic mass is 16.4. The number of carboxylic acids is 1. The standard InChI is InChI=1S/C26H28N8O3/c1-33-21-10-7-18(25(37)34(13-11-24(35)36)22-4-2-3-12-29-22)14-20(21)32-23(33)16-30-19-8-5-17(6-9-19)15-31-26(27)28/h2-10,12,14,30H,11,13,15-16H2,1H3,(H,35,36)(H4,27,28,31). The van der Waals surface area contributed by atoms with E-state index in [4.69, 9.17) is 21.6 Å². The summed E-state index contributed by atoms with van der Waals surface area (Å²) in [5, 5.41) is 12.5. The Bertz CT molecular complexity index is 1430. The molecule has 0 atom stereocenters. The number of anilines is 2. The van der Waals surface area contributed by atoms with Gasteiger partial charge in [0.15, 0.2) is 5.96 Å². The van der Waals surface area contributed by atoms with Gasteiger partial charge >= 0.3 is 5.97 Å². The van der Waals surface area contributed by atoms with Gasteiger partial charge in [-0.1, -0.05) is 18.2 Å². The number of carboxylic acid groups (broad SMARTS) is 1. The fourth-order valence-electron chi connectivity index (χ4n) is 3.83. The van der Waals surface area contributed by atoms with Crippen molar-refractivity contribution in [1.82, 2.24) is 14.5 Å². The first-order valence-corrected chi connectivity index (χ1v) is 11.6. The van der Waals surface area contributed by atoms with Crippen molar-refractivity contribution in [3.8, 4) is 0 Å². The number of aryl methyl sites for hydroxylation is 1. The molecule has 0 aliphatic rings. The summed E-state index contributed by atoms with van der Waals surface area (Å²) in [4.78, 5) is 38.8. The number of pyridine rings is 1. The van der Waals surface area contributed by atoms with E-state index in [0.29, 0.717) is 30.0 Å². The normalized spacial score (nSPS) is 10.7. The van der Waals surface area contributed by atoms with Crippen molar-refractivity contribution < 1.29 is 14.7 Å². The molecular formula is C26H28N8O3. The van der Waals surface area contributed by atoms with Crippen LogP contribution < -0.4 is 21.7 Å². The molecule has 0 aliphatic heterocycles. The Balaban J connectivity index is 1.51. The Morgan fingerprint density at radius 1 is 1.11 bits per heavy atom. The summed E-state index contributed by atoms with van der Waals surface area (Å²) in [5.41, 5.74) is 14.6. The largest absolute Gasteiger partial charge is 0.481 e. The number of rotatable bonds is 10. The molecule has 0 fully saturated rings. The van der Waals surface area contributed by atoms with Gasteiger partial charge in [-0.05, 0) is 48.0 Å². The zero-order valence-corrected chi connectivity index (χ0v) is 20.3. The van der Waals surface area contributed by atoms with Gasteiger partial charge in [-0.2, -0.15) is 0 Å². The number of guanidine groups is 1. The second-order valence-corrected chi connectivity index (χ2v) is 8.37. The molecule has 0 spiro atoms. The van der Waals surface area contributed by atoms with Gasteiger partial charge in [-0.25, -0.2) is 15.0 Å². The number of nitrogens with zero attached hydrogens (tertiary/aromatic N) is 5. The van der Waals surface area contributed by atoms with Crippen LogP contribution in [-0.4, -0.2) is 44.0 Å². The smallest absolute Gasteiger partial charge is 0.305 e. The number of amides is 1. The summed E-state index contributed by atoms with van der Waals surface area (Å²) >= 11 is 0. The van der Waals surface area contributed by atoms with Gasteiger partial charge in [0.1, 0.15) is 11.6 Å². The predicted molar refractivity (Wildman–Crippen MR) is 142 cm³/mol. The van der Waals surface area contributed by atoms with E-state index in [9.17, 15) is 9.59 Å². The van der Waals surface area contributed by atoms with Crippen LogP contribution in [-0.2, 0) is 24.9 Å². The third-order valence-electron chi connectivity index (χ3n) is 5.79. The lowest BCUT2D eigenvalue weighted by molar-refractivity contribution is -0.136. The number of aromatic nitrogens is 3. The van der Waals surface area contributed by atoms with Crippen molar-refractivity contribution in [3.63, 3.8) is 0 Å². The van der Waals surface area contributed by atoms with Crippen LogP contribution in [0.3, 0.4) is 0 Å². The van der Waals surface area contributed by atoms with E-state index in [1.54, 1.807) is 36.5 Å². The summed E-state index contributed by atoms with van der Waals surface area (Å²) < 4.78 is 1.96. The van der Waals surface area contributed by atoms with Gasteiger partial charge in [0.2, 0.25) is 0 Å². The number of hydrogen-bond donors (Lipinski definition) is 4. The Morgan fingerprint density at radius 3 is 2.57 bits per heavy atom. The zero-order valence-electron chi connectivity index (χ0n) is 20.3. The van der Waals surface area contributed by atoms with Crippen molar-refractivity contribution in [3.05, 3.63) is 83.8 Å². The molecule has 0 saturated carbocycles. The first kappa shape index (κ1) is 25.2. The van der Waals surface area contributed by atoms with E-state index in [0.717, 1.165) is 22.6 Å². The van der Waals surface area contributed by atoms with Crippen LogP contribution in [0, 0.1) is 0 Å². The highest BCUT2D eigenvalue weighted by Gasteiger charge is 2.21. The molecule has 11 nitrogen and oxygen atoms in total. The molecule has 2 aromatic heterocycles. The van der Waals surface area contributed by atoms with Crippen LogP contribution in [0.25, 0.3) is 11.0 Å². The number of nitrogens with one attached hydrogen (secondary N) is 1. The highest BCUT2D eigenvalue weighted by molar-refractivity contribution is 6.07. The van der Waals surface area contributed by atoms with Gasteiger partial charge in [-0.3, -0.25) is 14.5 Å². The van der Waals surface area contributed by atoms with Gasteiger partial charge in [0, 0.05) is 31.0 Å². The topological polar surface area (TPSA) is 165 Å². The minimum atomic E-state index is -0.991. The third kappa shape index (κ3) is 6.20. The fourth-order valence-corrected chi connectivity index (χ4v) is 3.83. The van der Waals surface area contributed by atoms with Crippen LogP contribution >= 0.6 is 0 Å². The number of aliphatic carboxylic acids is 1. The molecule has 2 aromatic carbocycles. The average Bonchev–Trinajstić information content (AvgIpc) is 3.21. The number of aliphatic imine (C=N–C) groups is 1. The number of carbonyl (C=O) groups is 2. The Labute approximate surface area is 213 Å². The van der Waals surface area contributed by atoms with Gasteiger partial charge in [0.25, 0.3) is 5.91 Å². The van der Waals surface area contributed by atoms with Gasteiger partial charge in [-0.15, -0.1) is 0 Å². The van der Waals surface area contributed by atoms with Gasteiger partial charge < -0.3 is 26.5 Å². The lowest BCUT2D eigenvalue weighted by Crippen LogP contribution is -2.33. The van der Waals surface area contributed by atoms with E-state index in [1.807, 2.05) is 41.9 Å². The molecule has 4 rings (SSSR count). The number of benzene rings is 2. The Morgan fingerprint density at radius 2 is 1.89 bits per heavy atom. The molecule has 37 heavy (non-hydrogen) atoms. The number of nitrogens with two attached hydrogens (primary N) is 2. The first-order chi connectivity index (χ1) is 17.8. The minimum Gasteiger partial charge on any atom is -0.481 e. The Kier molecular flexibility index (Phi) is 7.62. The summed E-state index contributed by atoms with van der Waals surface area (Å²) in [7, 11) is 1.92. The molecule has 11 heteroatoms. The van der Waals surface area contributed by atoms with Crippen LogP contribution in [0.15, 0.2) is 71.9 Å². The highest BCUT2D eigenvalue weighted by Crippen LogP contribution is 2.21. The monoisotopic (exact) mass is 500 g/mol. The van der Waals surface area contributed by atoms with E-state index in [1.165, 1.54) is 4.90 Å². The quantitative estimate of drug-likeness (QED) is 0.190. The lowest BCUT2D eigenvalue weighted by Gasteiger charge is -2.21. The van der Waals surface area contributed by atoms with Crippen molar-refractivity contribution in [2.45, 2.75) is 19.5 Å². The second kappa shape index (κ2) is 11.2. The summed E-state index contributed by atoms with van der Waals surface area (Å²) in [6.07, 6.45) is 1.37. The van der Waals surface area contributed by atoms with E-state index >= 15 is 0 Å². The maximum absolute atomic E-state index is 13.3. The third-order valence-corrected chi connectivity index (χ3v) is 5.79. The van der Waals surface area contributed by atoms with Crippen LogP contribution in [0.1, 0.15) is 28.2 Å². The van der Waals surface area contributed by atoms with Crippen LogP contribution in [0.5, 0.6) is 0 Å². The molecule has 6 N–H and O–H groups in total. The molecule has 4 aromatic rings. The number of hydrogen-bond acceptors (Lipinski definition) is 6. The van der Waals surface area contributed by atoms with Crippen molar-refractivity contribution in [2.75, 3.05) is 16.8 Å². The second-order valence-electron chi connectivity index (χ2n) is 8.37. The van der Waals surface area contributed by atoms with E-state index in [2.05, 4.69) is 15.3 Å². The summed E-state index contributed by atoms with van der Waals surface area (Å²) in [6.45, 7) is 0.897. The molecule has 0 saturated heterocycles.